The summed E-state index contributed by atoms with van der Waals surface area (Å²) in [5.41, 5.74) is 5.84. The van der Waals surface area contributed by atoms with E-state index in [0.29, 0.717) is 6.04 Å². The molecular weight excluding hydrogens is 208 g/mol. The molecule has 1 aliphatic rings. The first kappa shape index (κ1) is 15.0. The SMILES string of the molecule is CCCCCCCCCN1CCCCC1CN. The summed E-state index contributed by atoms with van der Waals surface area (Å²) < 4.78 is 0. The van der Waals surface area contributed by atoms with E-state index in [1.54, 1.807) is 0 Å². The molecule has 1 unspecified atom stereocenters. The number of rotatable bonds is 9. The fourth-order valence-electron chi connectivity index (χ4n) is 2.89. The molecule has 0 aromatic carbocycles. The molecule has 1 atom stereocenters. The van der Waals surface area contributed by atoms with Crippen molar-refractivity contribution in [2.45, 2.75) is 77.2 Å². The number of nitrogens with zero attached hydrogens (tertiary/aromatic N) is 1. The van der Waals surface area contributed by atoms with Crippen LogP contribution in [0.4, 0.5) is 0 Å². The highest BCUT2D eigenvalue weighted by Gasteiger charge is 2.19. The van der Waals surface area contributed by atoms with Gasteiger partial charge in [-0.2, -0.15) is 0 Å². The van der Waals surface area contributed by atoms with Crippen LogP contribution in [0, 0.1) is 0 Å². The van der Waals surface area contributed by atoms with Gasteiger partial charge >= 0.3 is 0 Å². The molecule has 2 heteroatoms. The van der Waals surface area contributed by atoms with Crippen molar-refractivity contribution in [2.75, 3.05) is 19.6 Å². The predicted octanol–water partition coefficient (Wildman–Crippen LogP) is 3.55. The standard InChI is InChI=1S/C15H32N2/c1-2-3-4-5-6-7-9-12-17-13-10-8-11-15(17)14-16/h15H,2-14,16H2,1H3. The maximum atomic E-state index is 5.84. The summed E-state index contributed by atoms with van der Waals surface area (Å²) in [5, 5.41) is 0. The molecule has 0 aliphatic carbocycles. The molecule has 2 nitrogen and oxygen atoms in total. The molecule has 0 aromatic rings. The zero-order valence-corrected chi connectivity index (χ0v) is 11.8. The van der Waals surface area contributed by atoms with Crippen LogP contribution in [0.3, 0.4) is 0 Å². The van der Waals surface area contributed by atoms with Crippen LogP contribution in [-0.2, 0) is 0 Å². The van der Waals surface area contributed by atoms with E-state index in [9.17, 15) is 0 Å². The van der Waals surface area contributed by atoms with Crippen LogP contribution in [0.2, 0.25) is 0 Å². The van der Waals surface area contributed by atoms with Gasteiger partial charge in [0.05, 0.1) is 0 Å². The second kappa shape index (κ2) is 9.90. The van der Waals surface area contributed by atoms with Gasteiger partial charge in [-0.3, -0.25) is 4.90 Å². The van der Waals surface area contributed by atoms with E-state index in [-0.39, 0.29) is 0 Å². The Morgan fingerprint density at radius 2 is 1.71 bits per heavy atom. The summed E-state index contributed by atoms with van der Waals surface area (Å²) >= 11 is 0. The monoisotopic (exact) mass is 240 g/mol. The topological polar surface area (TPSA) is 29.3 Å². The Morgan fingerprint density at radius 1 is 1.00 bits per heavy atom. The van der Waals surface area contributed by atoms with E-state index in [2.05, 4.69) is 11.8 Å². The average molecular weight is 240 g/mol. The lowest BCUT2D eigenvalue weighted by Crippen LogP contribution is -2.44. The van der Waals surface area contributed by atoms with E-state index < -0.39 is 0 Å². The number of piperidine rings is 1. The zero-order valence-electron chi connectivity index (χ0n) is 11.8. The summed E-state index contributed by atoms with van der Waals surface area (Å²) in [4.78, 5) is 2.63. The Kier molecular flexibility index (Phi) is 8.72. The highest BCUT2D eigenvalue weighted by atomic mass is 15.2. The Hall–Kier alpha value is -0.0800. The second-order valence-corrected chi connectivity index (χ2v) is 5.54. The molecule has 1 fully saturated rings. The van der Waals surface area contributed by atoms with E-state index in [0.717, 1.165) is 6.54 Å². The molecule has 1 aliphatic heterocycles. The van der Waals surface area contributed by atoms with Crippen LogP contribution in [0.1, 0.15) is 71.1 Å². The van der Waals surface area contributed by atoms with Crippen molar-refractivity contribution in [3.8, 4) is 0 Å². The Labute approximate surface area is 108 Å². The predicted molar refractivity (Wildman–Crippen MR) is 76.3 cm³/mol. The molecule has 1 rings (SSSR count). The summed E-state index contributed by atoms with van der Waals surface area (Å²) in [6.07, 6.45) is 14.0. The number of hydrogen-bond acceptors (Lipinski definition) is 2. The van der Waals surface area contributed by atoms with Gasteiger partial charge in [0.2, 0.25) is 0 Å². The number of unbranched alkanes of at least 4 members (excludes halogenated alkanes) is 6. The molecule has 2 N–H and O–H groups in total. The molecule has 17 heavy (non-hydrogen) atoms. The zero-order chi connectivity index (χ0) is 12.3. The minimum absolute atomic E-state index is 0.684. The fraction of sp³-hybridized carbons (Fsp3) is 1.00. The molecule has 102 valence electrons. The molecule has 0 radical (unpaired) electrons. The molecule has 0 saturated carbocycles. The van der Waals surface area contributed by atoms with Gasteiger partial charge in [-0.05, 0) is 32.4 Å². The first-order valence-corrected chi connectivity index (χ1v) is 7.82. The molecule has 1 heterocycles. The van der Waals surface area contributed by atoms with Crippen molar-refractivity contribution in [1.82, 2.24) is 4.90 Å². The van der Waals surface area contributed by atoms with Crippen molar-refractivity contribution in [1.29, 1.82) is 0 Å². The first-order chi connectivity index (χ1) is 8.38. The lowest BCUT2D eigenvalue weighted by molar-refractivity contribution is 0.150. The van der Waals surface area contributed by atoms with Gasteiger partial charge in [0.25, 0.3) is 0 Å². The largest absolute Gasteiger partial charge is 0.329 e. The molecule has 0 amide bonds. The first-order valence-electron chi connectivity index (χ1n) is 7.82. The van der Waals surface area contributed by atoms with E-state index >= 15 is 0 Å². The molecule has 0 bridgehead atoms. The third kappa shape index (κ3) is 6.42. The van der Waals surface area contributed by atoms with Crippen LogP contribution in [0.25, 0.3) is 0 Å². The van der Waals surface area contributed by atoms with E-state index in [1.807, 2.05) is 0 Å². The molecule has 0 spiro atoms. The summed E-state index contributed by atoms with van der Waals surface area (Å²) in [6, 6.07) is 0.684. The van der Waals surface area contributed by atoms with Crippen LogP contribution < -0.4 is 5.73 Å². The lowest BCUT2D eigenvalue weighted by atomic mass is 10.0. The van der Waals surface area contributed by atoms with E-state index in [1.165, 1.54) is 77.3 Å². The third-order valence-electron chi connectivity index (χ3n) is 4.07. The van der Waals surface area contributed by atoms with Gasteiger partial charge in [-0.15, -0.1) is 0 Å². The van der Waals surface area contributed by atoms with E-state index in [4.69, 9.17) is 5.73 Å². The van der Waals surface area contributed by atoms with Crippen LogP contribution in [0.5, 0.6) is 0 Å². The quantitative estimate of drug-likeness (QED) is 0.625. The van der Waals surface area contributed by atoms with Crippen LogP contribution in [-0.4, -0.2) is 30.6 Å². The number of likely N-dealkylation sites (tertiary alicyclic amines) is 1. The van der Waals surface area contributed by atoms with Gasteiger partial charge in [-0.25, -0.2) is 0 Å². The Bertz CT molecular complexity index is 170. The Balaban J connectivity index is 1.97. The highest BCUT2D eigenvalue weighted by Crippen LogP contribution is 2.17. The van der Waals surface area contributed by atoms with Crippen molar-refractivity contribution >= 4 is 0 Å². The van der Waals surface area contributed by atoms with Gasteiger partial charge in [-0.1, -0.05) is 51.9 Å². The van der Waals surface area contributed by atoms with Gasteiger partial charge in [0, 0.05) is 12.6 Å². The average Bonchev–Trinajstić information content (AvgIpc) is 2.38. The molecular formula is C15H32N2. The Morgan fingerprint density at radius 3 is 2.41 bits per heavy atom. The number of nitrogens with two attached hydrogens (primary N) is 1. The summed E-state index contributed by atoms with van der Waals surface area (Å²) in [7, 11) is 0. The van der Waals surface area contributed by atoms with Crippen LogP contribution >= 0.6 is 0 Å². The van der Waals surface area contributed by atoms with Crippen molar-refractivity contribution in [2.24, 2.45) is 5.73 Å². The van der Waals surface area contributed by atoms with Gasteiger partial charge < -0.3 is 5.73 Å². The minimum Gasteiger partial charge on any atom is -0.329 e. The summed E-state index contributed by atoms with van der Waals surface area (Å²) in [6.45, 7) is 5.72. The minimum atomic E-state index is 0.684. The van der Waals surface area contributed by atoms with Crippen LogP contribution in [0.15, 0.2) is 0 Å². The number of hydrogen-bond donors (Lipinski definition) is 1. The van der Waals surface area contributed by atoms with Crippen molar-refractivity contribution in [3.63, 3.8) is 0 Å². The second-order valence-electron chi connectivity index (χ2n) is 5.54. The molecule has 0 aromatic heterocycles. The van der Waals surface area contributed by atoms with Crippen molar-refractivity contribution < 1.29 is 0 Å². The maximum absolute atomic E-state index is 5.84. The summed E-state index contributed by atoms with van der Waals surface area (Å²) in [5.74, 6) is 0. The smallest absolute Gasteiger partial charge is 0.0218 e. The van der Waals surface area contributed by atoms with Gasteiger partial charge in [0.15, 0.2) is 0 Å². The van der Waals surface area contributed by atoms with Crippen molar-refractivity contribution in [3.05, 3.63) is 0 Å². The normalized spacial score (nSPS) is 21.9. The fourth-order valence-corrected chi connectivity index (χ4v) is 2.89. The molecule has 1 saturated heterocycles. The highest BCUT2D eigenvalue weighted by molar-refractivity contribution is 4.77. The third-order valence-corrected chi connectivity index (χ3v) is 4.07. The van der Waals surface area contributed by atoms with Gasteiger partial charge in [0.1, 0.15) is 0 Å². The maximum Gasteiger partial charge on any atom is 0.0218 e. The lowest BCUT2D eigenvalue weighted by Gasteiger charge is -2.34.